The van der Waals surface area contributed by atoms with Crippen LogP contribution in [0.5, 0.6) is 0 Å². The van der Waals surface area contributed by atoms with Crippen LogP contribution in [0.25, 0.3) is 0 Å². The smallest absolute Gasteiger partial charge is 0.124 e. The molecular formula is C14H13ClFNS. The number of benzene rings is 2. The van der Waals surface area contributed by atoms with Gasteiger partial charge in [0, 0.05) is 16.3 Å². The zero-order valence-corrected chi connectivity index (χ0v) is 11.5. The summed E-state index contributed by atoms with van der Waals surface area (Å²) in [6, 6.07) is 12.6. The number of nitrogens with one attached hydrogen (secondary N) is 1. The van der Waals surface area contributed by atoms with Crippen molar-refractivity contribution < 1.29 is 4.39 Å². The van der Waals surface area contributed by atoms with E-state index < -0.39 is 0 Å². The second-order valence-corrected chi connectivity index (χ2v) is 5.38. The maximum Gasteiger partial charge on any atom is 0.124 e. The van der Waals surface area contributed by atoms with Gasteiger partial charge in [0.05, 0.1) is 5.02 Å². The van der Waals surface area contributed by atoms with E-state index in [4.69, 9.17) is 11.6 Å². The summed E-state index contributed by atoms with van der Waals surface area (Å²) in [5, 5.41) is 3.69. The minimum atomic E-state index is -0.225. The SMILES string of the molecule is CNCc1cc(F)cc(Sc2ccccc2Cl)c1. The van der Waals surface area contributed by atoms with Gasteiger partial charge in [-0.3, -0.25) is 0 Å². The van der Waals surface area contributed by atoms with E-state index >= 15 is 0 Å². The van der Waals surface area contributed by atoms with E-state index in [9.17, 15) is 4.39 Å². The lowest BCUT2D eigenvalue weighted by atomic mass is 10.2. The van der Waals surface area contributed by atoms with Crippen LogP contribution in [0.4, 0.5) is 4.39 Å². The van der Waals surface area contributed by atoms with Crippen LogP contribution in [0.2, 0.25) is 5.02 Å². The van der Waals surface area contributed by atoms with Gasteiger partial charge in [0.2, 0.25) is 0 Å². The van der Waals surface area contributed by atoms with E-state index in [-0.39, 0.29) is 5.82 Å². The van der Waals surface area contributed by atoms with Gasteiger partial charge >= 0.3 is 0 Å². The highest BCUT2D eigenvalue weighted by Gasteiger charge is 2.05. The van der Waals surface area contributed by atoms with Gasteiger partial charge in [-0.1, -0.05) is 35.5 Å². The van der Waals surface area contributed by atoms with Gasteiger partial charge in [0.15, 0.2) is 0 Å². The Hall–Kier alpha value is -1.03. The third-order valence-corrected chi connectivity index (χ3v) is 3.87. The van der Waals surface area contributed by atoms with Crippen molar-refractivity contribution in [2.75, 3.05) is 7.05 Å². The Balaban J connectivity index is 2.26. The van der Waals surface area contributed by atoms with Crippen LogP contribution in [0.15, 0.2) is 52.3 Å². The Kier molecular flexibility index (Phi) is 4.64. The molecule has 2 aromatic rings. The topological polar surface area (TPSA) is 12.0 Å². The first-order valence-corrected chi connectivity index (χ1v) is 6.75. The fraction of sp³-hybridized carbons (Fsp3) is 0.143. The fourth-order valence-electron chi connectivity index (χ4n) is 1.64. The van der Waals surface area contributed by atoms with Crippen molar-refractivity contribution in [2.45, 2.75) is 16.3 Å². The number of halogens is 2. The van der Waals surface area contributed by atoms with Crippen LogP contribution in [-0.2, 0) is 6.54 Å². The first-order chi connectivity index (χ1) is 8.69. The van der Waals surface area contributed by atoms with E-state index in [0.717, 1.165) is 15.4 Å². The van der Waals surface area contributed by atoms with Gasteiger partial charge in [-0.15, -0.1) is 0 Å². The van der Waals surface area contributed by atoms with Crippen LogP contribution in [-0.4, -0.2) is 7.05 Å². The molecule has 0 saturated carbocycles. The van der Waals surface area contributed by atoms with Crippen LogP contribution >= 0.6 is 23.4 Å². The Morgan fingerprint density at radius 3 is 2.72 bits per heavy atom. The van der Waals surface area contributed by atoms with E-state index in [2.05, 4.69) is 5.32 Å². The molecule has 2 rings (SSSR count). The Labute approximate surface area is 115 Å². The molecule has 0 saturated heterocycles. The lowest BCUT2D eigenvalue weighted by molar-refractivity contribution is 0.619. The summed E-state index contributed by atoms with van der Waals surface area (Å²) in [5.74, 6) is -0.225. The zero-order chi connectivity index (χ0) is 13.0. The average molecular weight is 282 g/mol. The van der Waals surface area contributed by atoms with Crippen LogP contribution in [0.3, 0.4) is 0 Å². The van der Waals surface area contributed by atoms with Crippen molar-refractivity contribution in [3.8, 4) is 0 Å². The second-order valence-electron chi connectivity index (χ2n) is 3.86. The molecule has 1 nitrogen and oxygen atoms in total. The number of hydrogen-bond acceptors (Lipinski definition) is 2. The predicted molar refractivity (Wildman–Crippen MR) is 74.7 cm³/mol. The fourth-order valence-corrected chi connectivity index (χ4v) is 2.84. The molecule has 0 unspecified atom stereocenters. The molecule has 94 valence electrons. The molecule has 0 radical (unpaired) electrons. The number of hydrogen-bond donors (Lipinski definition) is 1. The van der Waals surface area contributed by atoms with Gasteiger partial charge in [-0.05, 0) is 42.9 Å². The summed E-state index contributed by atoms with van der Waals surface area (Å²) >= 11 is 7.56. The molecule has 0 aliphatic rings. The van der Waals surface area contributed by atoms with E-state index in [1.165, 1.54) is 23.9 Å². The van der Waals surface area contributed by atoms with Crippen LogP contribution in [0, 0.1) is 5.82 Å². The van der Waals surface area contributed by atoms with Gasteiger partial charge in [-0.2, -0.15) is 0 Å². The van der Waals surface area contributed by atoms with Gasteiger partial charge in [0.1, 0.15) is 5.82 Å². The quantitative estimate of drug-likeness (QED) is 0.894. The Bertz CT molecular complexity index is 545. The first kappa shape index (κ1) is 13.4. The molecule has 0 aliphatic heterocycles. The molecule has 18 heavy (non-hydrogen) atoms. The predicted octanol–water partition coefficient (Wildman–Crippen LogP) is 4.35. The minimum absolute atomic E-state index is 0.225. The molecule has 0 aliphatic carbocycles. The molecule has 2 aromatic carbocycles. The first-order valence-electron chi connectivity index (χ1n) is 5.55. The monoisotopic (exact) mass is 281 g/mol. The van der Waals surface area contributed by atoms with Gasteiger partial charge < -0.3 is 5.32 Å². The summed E-state index contributed by atoms with van der Waals surface area (Å²) in [6.45, 7) is 0.647. The summed E-state index contributed by atoms with van der Waals surface area (Å²) in [6.07, 6.45) is 0. The number of rotatable bonds is 4. The summed E-state index contributed by atoms with van der Waals surface area (Å²) in [4.78, 5) is 1.79. The van der Waals surface area contributed by atoms with Crippen molar-refractivity contribution in [1.29, 1.82) is 0 Å². The van der Waals surface area contributed by atoms with Crippen molar-refractivity contribution in [3.63, 3.8) is 0 Å². The average Bonchev–Trinajstić information content (AvgIpc) is 2.32. The molecule has 0 atom stereocenters. The molecule has 4 heteroatoms. The molecule has 0 heterocycles. The van der Waals surface area contributed by atoms with Crippen molar-refractivity contribution >= 4 is 23.4 Å². The minimum Gasteiger partial charge on any atom is -0.316 e. The maximum absolute atomic E-state index is 13.5. The van der Waals surface area contributed by atoms with E-state index in [1.54, 1.807) is 0 Å². The normalized spacial score (nSPS) is 10.6. The molecule has 0 aromatic heterocycles. The summed E-state index contributed by atoms with van der Waals surface area (Å²) < 4.78 is 13.5. The maximum atomic E-state index is 13.5. The Morgan fingerprint density at radius 1 is 1.22 bits per heavy atom. The van der Waals surface area contributed by atoms with Gasteiger partial charge in [-0.25, -0.2) is 4.39 Å². The molecule has 0 spiro atoms. The molecule has 0 bridgehead atoms. The largest absolute Gasteiger partial charge is 0.316 e. The zero-order valence-electron chi connectivity index (χ0n) is 9.91. The molecule has 1 N–H and O–H groups in total. The van der Waals surface area contributed by atoms with Crippen molar-refractivity contribution in [3.05, 3.63) is 58.9 Å². The molecule has 0 fully saturated rings. The van der Waals surface area contributed by atoms with E-state index in [1.807, 2.05) is 37.4 Å². The van der Waals surface area contributed by atoms with Crippen molar-refractivity contribution in [2.24, 2.45) is 0 Å². The third-order valence-electron chi connectivity index (χ3n) is 2.38. The standard InChI is InChI=1S/C14H13ClFNS/c1-17-9-10-6-11(16)8-12(7-10)18-14-5-3-2-4-13(14)15/h2-8,17H,9H2,1H3. The highest BCUT2D eigenvalue weighted by Crippen LogP contribution is 2.33. The lowest BCUT2D eigenvalue weighted by Gasteiger charge is -2.07. The second kappa shape index (κ2) is 6.23. The highest BCUT2D eigenvalue weighted by atomic mass is 35.5. The van der Waals surface area contributed by atoms with Gasteiger partial charge in [0.25, 0.3) is 0 Å². The van der Waals surface area contributed by atoms with Crippen molar-refractivity contribution in [1.82, 2.24) is 5.32 Å². The van der Waals surface area contributed by atoms with E-state index in [0.29, 0.717) is 11.6 Å². The van der Waals surface area contributed by atoms with Crippen LogP contribution < -0.4 is 5.32 Å². The van der Waals surface area contributed by atoms with Crippen LogP contribution in [0.1, 0.15) is 5.56 Å². The summed E-state index contributed by atoms with van der Waals surface area (Å²) in [5.41, 5.74) is 0.923. The third kappa shape index (κ3) is 3.48. The lowest BCUT2D eigenvalue weighted by Crippen LogP contribution is -2.05. The summed E-state index contributed by atoms with van der Waals surface area (Å²) in [7, 11) is 1.84. The molecule has 0 amide bonds. The highest BCUT2D eigenvalue weighted by molar-refractivity contribution is 7.99. The molecular weight excluding hydrogens is 269 g/mol. The Morgan fingerprint density at radius 2 is 2.00 bits per heavy atom.